The molecule has 4 saturated carbocycles. The van der Waals surface area contributed by atoms with E-state index in [-0.39, 0.29) is 11.6 Å². The molecule has 4 aliphatic rings. The molecule has 0 spiro atoms. The Balaban J connectivity index is 1.69. The largest absolute Gasteiger partial charge is 0.368 e. The number of nitrogen functional groups attached to an aromatic ring is 1. The molecule has 5 nitrogen and oxygen atoms in total. The maximum atomic E-state index is 11.5. The van der Waals surface area contributed by atoms with Gasteiger partial charge in [0.05, 0.1) is 0 Å². The minimum atomic E-state index is -0.375. The summed E-state index contributed by atoms with van der Waals surface area (Å²) in [4.78, 5) is 22.2. The summed E-state index contributed by atoms with van der Waals surface area (Å²) >= 11 is 0. The standard InChI is InChI=1S/C16H24N4O/c1-14-3-10-4-15(2,7-14)9-16(5-10,8-14)6-11-18-12(17)20-13(21)19-11/h10H,3-9H2,1-2H3,(H3,17,18,19,20,21). The molecule has 2 atom stereocenters. The van der Waals surface area contributed by atoms with E-state index in [1.807, 2.05) is 0 Å². The molecule has 0 radical (unpaired) electrons. The van der Waals surface area contributed by atoms with Gasteiger partial charge in [-0.1, -0.05) is 13.8 Å². The molecule has 1 aromatic heterocycles. The van der Waals surface area contributed by atoms with Crippen LogP contribution in [0.1, 0.15) is 58.2 Å². The number of H-pyrrole nitrogens is 1. The van der Waals surface area contributed by atoms with Crippen molar-refractivity contribution in [2.75, 3.05) is 5.73 Å². The Kier molecular flexibility index (Phi) is 2.45. The van der Waals surface area contributed by atoms with Crippen molar-refractivity contribution in [3.05, 3.63) is 16.3 Å². The molecule has 1 aromatic rings. The van der Waals surface area contributed by atoms with E-state index in [0.29, 0.717) is 16.2 Å². The average Bonchev–Trinajstić information content (AvgIpc) is 2.19. The smallest absolute Gasteiger partial charge is 0.349 e. The van der Waals surface area contributed by atoms with Crippen LogP contribution in [-0.2, 0) is 6.42 Å². The van der Waals surface area contributed by atoms with Crippen LogP contribution < -0.4 is 11.4 Å². The van der Waals surface area contributed by atoms with Gasteiger partial charge in [-0.3, -0.25) is 4.98 Å². The van der Waals surface area contributed by atoms with E-state index >= 15 is 0 Å². The number of aromatic nitrogens is 3. The third kappa shape index (κ3) is 2.17. The first-order valence-electron chi connectivity index (χ1n) is 8.00. The molecule has 21 heavy (non-hydrogen) atoms. The number of nitrogens with zero attached hydrogens (tertiary/aromatic N) is 2. The molecule has 2 unspecified atom stereocenters. The lowest BCUT2D eigenvalue weighted by Crippen LogP contribution is -2.55. The van der Waals surface area contributed by atoms with E-state index in [1.165, 1.54) is 38.5 Å². The van der Waals surface area contributed by atoms with Gasteiger partial charge in [-0.25, -0.2) is 4.79 Å². The summed E-state index contributed by atoms with van der Waals surface area (Å²) in [5, 5.41) is 0. The van der Waals surface area contributed by atoms with Crippen LogP contribution in [0.5, 0.6) is 0 Å². The third-order valence-electron chi connectivity index (χ3n) is 6.00. The second kappa shape index (κ2) is 3.87. The third-order valence-corrected chi connectivity index (χ3v) is 6.00. The Morgan fingerprint density at radius 1 is 1.14 bits per heavy atom. The van der Waals surface area contributed by atoms with E-state index in [4.69, 9.17) is 5.73 Å². The maximum absolute atomic E-state index is 11.5. The predicted octanol–water partition coefficient (Wildman–Crippen LogP) is 2.29. The van der Waals surface area contributed by atoms with Crippen molar-refractivity contribution in [2.45, 2.75) is 58.8 Å². The molecule has 0 saturated heterocycles. The Morgan fingerprint density at radius 3 is 2.38 bits per heavy atom. The van der Waals surface area contributed by atoms with Gasteiger partial charge in [0, 0.05) is 6.42 Å². The normalized spacial score (nSPS) is 44.2. The molecule has 5 rings (SSSR count). The summed E-state index contributed by atoms with van der Waals surface area (Å²) in [6, 6.07) is 0. The fourth-order valence-corrected chi connectivity index (χ4v) is 6.77. The van der Waals surface area contributed by atoms with Crippen molar-refractivity contribution >= 4 is 5.95 Å². The first-order valence-corrected chi connectivity index (χ1v) is 8.00. The van der Waals surface area contributed by atoms with Crippen LogP contribution in [0.2, 0.25) is 0 Å². The zero-order chi connectivity index (χ0) is 14.9. The van der Waals surface area contributed by atoms with Crippen molar-refractivity contribution < 1.29 is 0 Å². The number of rotatable bonds is 2. The summed E-state index contributed by atoms with van der Waals surface area (Å²) in [6.07, 6.45) is 8.77. The lowest BCUT2D eigenvalue weighted by molar-refractivity contribution is -0.144. The topological polar surface area (TPSA) is 84.7 Å². The molecule has 0 aromatic carbocycles. The molecule has 4 fully saturated rings. The van der Waals surface area contributed by atoms with Gasteiger partial charge in [0.15, 0.2) is 0 Å². The fraction of sp³-hybridized carbons (Fsp3) is 0.812. The van der Waals surface area contributed by atoms with Crippen LogP contribution in [0.25, 0.3) is 0 Å². The number of anilines is 1. The summed E-state index contributed by atoms with van der Waals surface area (Å²) in [5.74, 6) is 1.67. The first kappa shape index (κ1) is 13.3. The lowest BCUT2D eigenvalue weighted by Gasteiger charge is -2.65. The molecule has 4 aliphatic carbocycles. The van der Waals surface area contributed by atoms with Gasteiger partial charge in [0.25, 0.3) is 0 Å². The van der Waals surface area contributed by atoms with Crippen LogP contribution >= 0.6 is 0 Å². The number of aromatic amines is 1. The summed E-state index contributed by atoms with van der Waals surface area (Å²) in [7, 11) is 0. The zero-order valence-electron chi connectivity index (χ0n) is 12.9. The Morgan fingerprint density at radius 2 is 1.81 bits per heavy atom. The van der Waals surface area contributed by atoms with Crippen LogP contribution in [0, 0.1) is 22.2 Å². The van der Waals surface area contributed by atoms with Gasteiger partial charge in [-0.05, 0) is 60.7 Å². The molecule has 114 valence electrons. The molecule has 5 heteroatoms. The Labute approximate surface area is 124 Å². The average molecular weight is 288 g/mol. The molecule has 1 heterocycles. The van der Waals surface area contributed by atoms with Crippen molar-refractivity contribution in [2.24, 2.45) is 22.2 Å². The Hall–Kier alpha value is -1.39. The molecular weight excluding hydrogens is 264 g/mol. The Bertz CT molecular complexity index is 634. The summed E-state index contributed by atoms with van der Waals surface area (Å²) in [5.41, 5.74) is 6.52. The molecule has 4 bridgehead atoms. The number of hydrogen-bond acceptors (Lipinski definition) is 4. The van der Waals surface area contributed by atoms with Crippen LogP contribution in [0.15, 0.2) is 4.79 Å². The van der Waals surface area contributed by atoms with Crippen LogP contribution in [0.3, 0.4) is 0 Å². The van der Waals surface area contributed by atoms with E-state index in [2.05, 4.69) is 28.8 Å². The lowest BCUT2D eigenvalue weighted by atomic mass is 9.40. The van der Waals surface area contributed by atoms with Gasteiger partial charge in [0.2, 0.25) is 5.95 Å². The number of nitrogens with two attached hydrogens (primary N) is 1. The highest BCUT2D eigenvalue weighted by Crippen LogP contribution is 2.70. The van der Waals surface area contributed by atoms with Gasteiger partial charge in [0.1, 0.15) is 5.82 Å². The highest BCUT2D eigenvalue weighted by molar-refractivity contribution is 5.16. The summed E-state index contributed by atoms with van der Waals surface area (Å²) < 4.78 is 0. The minimum Gasteiger partial charge on any atom is -0.368 e. The highest BCUT2D eigenvalue weighted by atomic mass is 16.1. The van der Waals surface area contributed by atoms with Crippen molar-refractivity contribution in [1.29, 1.82) is 0 Å². The first-order chi connectivity index (χ1) is 9.77. The van der Waals surface area contributed by atoms with Gasteiger partial charge in [-0.15, -0.1) is 0 Å². The predicted molar refractivity (Wildman–Crippen MR) is 80.6 cm³/mol. The maximum Gasteiger partial charge on any atom is 0.349 e. The quantitative estimate of drug-likeness (QED) is 0.874. The second-order valence-electron chi connectivity index (χ2n) is 8.77. The zero-order valence-corrected chi connectivity index (χ0v) is 12.9. The SMILES string of the molecule is CC12CC3CC(C)(C1)CC(Cc1nc(N)nc(=O)[nH]1)(C3)C2. The van der Waals surface area contributed by atoms with Crippen molar-refractivity contribution in [3.8, 4) is 0 Å². The van der Waals surface area contributed by atoms with E-state index in [1.54, 1.807) is 0 Å². The monoisotopic (exact) mass is 288 g/mol. The molecule has 0 amide bonds. The van der Waals surface area contributed by atoms with Crippen molar-refractivity contribution in [1.82, 2.24) is 15.0 Å². The van der Waals surface area contributed by atoms with Gasteiger partial charge >= 0.3 is 5.69 Å². The number of hydrogen-bond donors (Lipinski definition) is 2. The molecular formula is C16H24N4O. The summed E-state index contributed by atoms with van der Waals surface area (Å²) in [6.45, 7) is 4.92. The van der Waals surface area contributed by atoms with E-state index in [9.17, 15) is 4.79 Å². The fourth-order valence-electron chi connectivity index (χ4n) is 6.77. The minimum absolute atomic E-state index is 0.0934. The van der Waals surface area contributed by atoms with Gasteiger partial charge in [-0.2, -0.15) is 9.97 Å². The molecule has 0 aliphatic heterocycles. The highest BCUT2D eigenvalue weighted by Gasteiger charge is 2.59. The van der Waals surface area contributed by atoms with Crippen LogP contribution in [-0.4, -0.2) is 15.0 Å². The molecule has 3 N–H and O–H groups in total. The van der Waals surface area contributed by atoms with Crippen molar-refractivity contribution in [3.63, 3.8) is 0 Å². The van der Waals surface area contributed by atoms with Gasteiger partial charge < -0.3 is 5.73 Å². The number of nitrogens with one attached hydrogen (secondary N) is 1. The van der Waals surface area contributed by atoms with E-state index in [0.717, 1.165) is 18.2 Å². The van der Waals surface area contributed by atoms with E-state index < -0.39 is 0 Å². The van der Waals surface area contributed by atoms with Crippen LogP contribution in [0.4, 0.5) is 5.95 Å². The second-order valence-corrected chi connectivity index (χ2v) is 8.77.